The number of carbonyl (C=O) groups is 1. The standard InChI is InChI=1S/C17H32O2/c1-16(2)14-12-10-8-6-4-3-5-7-9-11-13-15-17(18)19/h3-4,16H,5-15H2,1-2H3,(H,18,19)/b4-3-. The summed E-state index contributed by atoms with van der Waals surface area (Å²) in [6.07, 6.45) is 16.9. The Bertz CT molecular complexity index is 231. The first-order valence-corrected chi connectivity index (χ1v) is 7.99. The molecule has 0 aliphatic heterocycles. The molecule has 0 aliphatic rings. The minimum Gasteiger partial charge on any atom is -0.481 e. The Labute approximate surface area is 119 Å². The number of aliphatic carboxylic acids is 1. The minimum absolute atomic E-state index is 0.326. The van der Waals surface area contributed by atoms with Gasteiger partial charge in [0.1, 0.15) is 0 Å². The van der Waals surface area contributed by atoms with Crippen molar-refractivity contribution < 1.29 is 9.90 Å². The first-order valence-electron chi connectivity index (χ1n) is 7.99. The molecule has 0 spiro atoms. The zero-order chi connectivity index (χ0) is 14.3. The van der Waals surface area contributed by atoms with E-state index in [0.29, 0.717) is 6.42 Å². The van der Waals surface area contributed by atoms with E-state index in [1.165, 1.54) is 38.5 Å². The van der Waals surface area contributed by atoms with Crippen molar-refractivity contribution in [2.24, 2.45) is 5.92 Å². The summed E-state index contributed by atoms with van der Waals surface area (Å²) in [4.78, 5) is 10.3. The minimum atomic E-state index is -0.669. The Morgan fingerprint density at radius 2 is 1.42 bits per heavy atom. The average Bonchev–Trinajstić information content (AvgIpc) is 2.34. The zero-order valence-corrected chi connectivity index (χ0v) is 12.9. The van der Waals surface area contributed by atoms with Crippen LogP contribution in [0.1, 0.15) is 84.5 Å². The van der Waals surface area contributed by atoms with Gasteiger partial charge in [-0.15, -0.1) is 0 Å². The third-order valence-corrected chi connectivity index (χ3v) is 3.33. The number of carboxylic acids is 1. The second-order valence-corrected chi connectivity index (χ2v) is 5.85. The van der Waals surface area contributed by atoms with Crippen LogP contribution >= 0.6 is 0 Å². The first-order chi connectivity index (χ1) is 9.13. The second kappa shape index (κ2) is 13.6. The van der Waals surface area contributed by atoms with Gasteiger partial charge in [0.15, 0.2) is 0 Å². The summed E-state index contributed by atoms with van der Waals surface area (Å²) in [6, 6.07) is 0. The van der Waals surface area contributed by atoms with Gasteiger partial charge in [-0.25, -0.2) is 0 Å². The molecule has 0 atom stereocenters. The van der Waals surface area contributed by atoms with Crippen LogP contribution in [0.25, 0.3) is 0 Å². The lowest BCUT2D eigenvalue weighted by Gasteiger charge is -2.02. The van der Waals surface area contributed by atoms with Gasteiger partial charge in [-0.2, -0.15) is 0 Å². The Morgan fingerprint density at radius 3 is 1.95 bits per heavy atom. The molecule has 2 nitrogen and oxygen atoms in total. The number of carboxylic acid groups (broad SMARTS) is 1. The Balaban J connectivity index is 3.11. The van der Waals surface area contributed by atoms with E-state index < -0.39 is 5.97 Å². The molecule has 0 radical (unpaired) electrons. The van der Waals surface area contributed by atoms with Crippen LogP contribution in [0.15, 0.2) is 12.2 Å². The van der Waals surface area contributed by atoms with Crippen LogP contribution in [-0.4, -0.2) is 11.1 Å². The molecule has 0 rings (SSSR count). The summed E-state index contributed by atoms with van der Waals surface area (Å²) in [5.74, 6) is 0.175. The molecule has 0 aromatic carbocycles. The number of rotatable bonds is 13. The van der Waals surface area contributed by atoms with Crippen LogP contribution in [0.2, 0.25) is 0 Å². The molecule has 0 aromatic heterocycles. The average molecular weight is 268 g/mol. The van der Waals surface area contributed by atoms with E-state index in [2.05, 4.69) is 26.0 Å². The van der Waals surface area contributed by atoms with E-state index in [1.54, 1.807) is 0 Å². The molecule has 2 heteroatoms. The van der Waals surface area contributed by atoms with E-state index in [1.807, 2.05) is 0 Å². The Hall–Kier alpha value is -0.790. The fourth-order valence-corrected chi connectivity index (χ4v) is 2.12. The van der Waals surface area contributed by atoms with Crippen molar-refractivity contribution in [2.45, 2.75) is 84.5 Å². The number of unbranched alkanes of at least 4 members (excludes halogenated alkanes) is 7. The predicted octanol–water partition coefficient (Wildman–Crippen LogP) is 5.57. The van der Waals surface area contributed by atoms with Gasteiger partial charge in [-0.3, -0.25) is 4.79 Å². The number of hydrogen-bond acceptors (Lipinski definition) is 1. The van der Waals surface area contributed by atoms with Gasteiger partial charge in [0.25, 0.3) is 0 Å². The molecule has 0 heterocycles. The molecule has 1 N–H and O–H groups in total. The van der Waals surface area contributed by atoms with Gasteiger partial charge in [0, 0.05) is 6.42 Å². The highest BCUT2D eigenvalue weighted by atomic mass is 16.4. The molecule has 0 amide bonds. The van der Waals surface area contributed by atoms with E-state index in [0.717, 1.165) is 31.6 Å². The maximum Gasteiger partial charge on any atom is 0.303 e. The number of allylic oxidation sites excluding steroid dienone is 2. The largest absolute Gasteiger partial charge is 0.481 e. The molecule has 0 unspecified atom stereocenters. The van der Waals surface area contributed by atoms with E-state index in [4.69, 9.17) is 5.11 Å². The first kappa shape index (κ1) is 18.2. The summed E-state index contributed by atoms with van der Waals surface area (Å²) in [5.41, 5.74) is 0. The SMILES string of the molecule is CC(C)CCCCC/C=C\CCCCCCC(=O)O. The molecule has 112 valence electrons. The lowest BCUT2D eigenvalue weighted by atomic mass is 10.0. The topological polar surface area (TPSA) is 37.3 Å². The van der Waals surface area contributed by atoms with Crippen LogP contribution in [-0.2, 0) is 4.79 Å². The predicted molar refractivity (Wildman–Crippen MR) is 82.4 cm³/mol. The van der Waals surface area contributed by atoms with Crippen molar-refractivity contribution >= 4 is 5.97 Å². The van der Waals surface area contributed by atoms with Gasteiger partial charge >= 0.3 is 5.97 Å². The maximum absolute atomic E-state index is 10.3. The highest BCUT2D eigenvalue weighted by Crippen LogP contribution is 2.10. The quantitative estimate of drug-likeness (QED) is 0.350. The fraction of sp³-hybridized carbons (Fsp3) is 0.824. The smallest absolute Gasteiger partial charge is 0.303 e. The Morgan fingerprint density at radius 1 is 0.895 bits per heavy atom. The molecule has 0 bridgehead atoms. The van der Waals surface area contributed by atoms with Gasteiger partial charge in [0.05, 0.1) is 0 Å². The summed E-state index contributed by atoms with van der Waals surface area (Å²) in [5, 5.41) is 8.49. The molecule has 0 fully saturated rings. The van der Waals surface area contributed by atoms with Gasteiger partial charge < -0.3 is 5.11 Å². The number of hydrogen-bond donors (Lipinski definition) is 1. The zero-order valence-electron chi connectivity index (χ0n) is 12.9. The lowest BCUT2D eigenvalue weighted by molar-refractivity contribution is -0.137. The molecular formula is C17H32O2. The van der Waals surface area contributed by atoms with Crippen LogP contribution in [0.3, 0.4) is 0 Å². The van der Waals surface area contributed by atoms with Crippen molar-refractivity contribution in [2.75, 3.05) is 0 Å². The van der Waals surface area contributed by atoms with Gasteiger partial charge in [-0.05, 0) is 38.0 Å². The van der Waals surface area contributed by atoms with Crippen molar-refractivity contribution in [3.63, 3.8) is 0 Å². The van der Waals surface area contributed by atoms with Gasteiger partial charge in [-0.1, -0.05) is 58.1 Å². The molecular weight excluding hydrogens is 236 g/mol. The third-order valence-electron chi connectivity index (χ3n) is 3.33. The second-order valence-electron chi connectivity index (χ2n) is 5.85. The molecule has 19 heavy (non-hydrogen) atoms. The Kier molecular flexibility index (Phi) is 13.1. The lowest BCUT2D eigenvalue weighted by Crippen LogP contribution is -1.93. The highest BCUT2D eigenvalue weighted by molar-refractivity contribution is 5.66. The van der Waals surface area contributed by atoms with Crippen LogP contribution < -0.4 is 0 Å². The maximum atomic E-state index is 10.3. The molecule has 0 aliphatic carbocycles. The van der Waals surface area contributed by atoms with Crippen molar-refractivity contribution in [3.05, 3.63) is 12.2 Å². The van der Waals surface area contributed by atoms with Gasteiger partial charge in [0.2, 0.25) is 0 Å². The summed E-state index contributed by atoms with van der Waals surface area (Å²) in [6.45, 7) is 4.58. The highest BCUT2D eigenvalue weighted by Gasteiger charge is 1.95. The molecule has 0 saturated heterocycles. The fourth-order valence-electron chi connectivity index (χ4n) is 2.12. The van der Waals surface area contributed by atoms with Crippen LogP contribution in [0, 0.1) is 5.92 Å². The van der Waals surface area contributed by atoms with Crippen molar-refractivity contribution in [3.8, 4) is 0 Å². The summed E-state index contributed by atoms with van der Waals surface area (Å²) < 4.78 is 0. The van der Waals surface area contributed by atoms with E-state index >= 15 is 0 Å². The van der Waals surface area contributed by atoms with E-state index in [9.17, 15) is 4.79 Å². The monoisotopic (exact) mass is 268 g/mol. The van der Waals surface area contributed by atoms with E-state index in [-0.39, 0.29) is 0 Å². The third kappa shape index (κ3) is 17.2. The molecule has 0 aromatic rings. The van der Waals surface area contributed by atoms with Crippen LogP contribution in [0.5, 0.6) is 0 Å². The van der Waals surface area contributed by atoms with Crippen LogP contribution in [0.4, 0.5) is 0 Å². The summed E-state index contributed by atoms with van der Waals surface area (Å²) >= 11 is 0. The van der Waals surface area contributed by atoms with Crippen molar-refractivity contribution in [1.82, 2.24) is 0 Å². The normalized spacial score (nSPS) is 11.5. The summed E-state index contributed by atoms with van der Waals surface area (Å²) in [7, 11) is 0. The van der Waals surface area contributed by atoms with Crippen molar-refractivity contribution in [1.29, 1.82) is 0 Å². The molecule has 0 saturated carbocycles.